The van der Waals surface area contributed by atoms with Crippen LogP contribution in [0.1, 0.15) is 72.6 Å². The molecule has 0 radical (unpaired) electrons. The van der Waals surface area contributed by atoms with Crippen LogP contribution in [-0.4, -0.2) is 10.7 Å². The smallest absolute Gasteiger partial charge is 0.0645 e. The Morgan fingerprint density at radius 3 is 1.86 bits per heavy atom. The minimum Gasteiger partial charge on any atom is -0.390 e. The largest absolute Gasteiger partial charge is 0.390 e. The first-order chi connectivity index (χ1) is 6.54. The second kappa shape index (κ2) is 7.28. The highest BCUT2D eigenvalue weighted by molar-refractivity contribution is 4.84. The Bertz CT molecular complexity index is 125. The molecule has 0 aromatic rings. The van der Waals surface area contributed by atoms with Gasteiger partial charge in [0.1, 0.15) is 0 Å². The highest BCUT2D eigenvalue weighted by Crippen LogP contribution is 2.34. The number of unbranched alkanes of at least 4 members (excludes halogenated alkanes) is 3. The van der Waals surface area contributed by atoms with Crippen molar-refractivity contribution in [2.75, 3.05) is 0 Å². The van der Waals surface area contributed by atoms with Crippen LogP contribution < -0.4 is 0 Å². The van der Waals surface area contributed by atoms with Crippen molar-refractivity contribution in [1.82, 2.24) is 0 Å². The maximum Gasteiger partial charge on any atom is 0.0645 e. The third-order valence-corrected chi connectivity index (χ3v) is 3.34. The molecular formula is C13H28O. The average molecular weight is 200 g/mol. The number of rotatable bonds is 3. The summed E-state index contributed by atoms with van der Waals surface area (Å²) < 4.78 is 0. The normalized spacial score (nSPS) is 31.1. The van der Waals surface area contributed by atoms with Crippen molar-refractivity contribution >= 4 is 0 Å². The average Bonchev–Trinajstić information content (AvgIpc) is 2.43. The lowest BCUT2D eigenvalue weighted by Gasteiger charge is -2.20. The van der Waals surface area contributed by atoms with Crippen LogP contribution in [0.4, 0.5) is 0 Å². The van der Waals surface area contributed by atoms with Gasteiger partial charge in [0.15, 0.2) is 0 Å². The van der Waals surface area contributed by atoms with E-state index in [9.17, 15) is 5.11 Å². The Morgan fingerprint density at radius 2 is 1.71 bits per heavy atom. The first-order valence-electron chi connectivity index (χ1n) is 6.27. The Kier molecular flexibility index (Phi) is 7.26. The Hall–Kier alpha value is -0.0400. The Morgan fingerprint density at radius 1 is 1.21 bits per heavy atom. The zero-order valence-corrected chi connectivity index (χ0v) is 10.5. The van der Waals surface area contributed by atoms with E-state index in [4.69, 9.17) is 0 Å². The molecular weight excluding hydrogens is 172 g/mol. The Labute approximate surface area is 89.9 Å². The summed E-state index contributed by atoms with van der Waals surface area (Å²) in [5.41, 5.74) is -0.347. The van der Waals surface area contributed by atoms with E-state index in [1.807, 2.05) is 6.92 Å². The molecule has 1 N–H and O–H groups in total. The van der Waals surface area contributed by atoms with Crippen LogP contribution in [0.25, 0.3) is 0 Å². The molecule has 0 heterocycles. The van der Waals surface area contributed by atoms with E-state index in [1.165, 1.54) is 38.5 Å². The van der Waals surface area contributed by atoms with Crippen LogP contribution in [0.15, 0.2) is 0 Å². The van der Waals surface area contributed by atoms with Gasteiger partial charge in [0.05, 0.1) is 5.60 Å². The van der Waals surface area contributed by atoms with Crippen LogP contribution in [-0.2, 0) is 0 Å². The van der Waals surface area contributed by atoms with Gasteiger partial charge in [-0.25, -0.2) is 0 Å². The highest BCUT2D eigenvalue weighted by atomic mass is 16.3. The van der Waals surface area contributed by atoms with Gasteiger partial charge < -0.3 is 5.11 Å². The zero-order valence-electron chi connectivity index (χ0n) is 10.5. The first-order valence-corrected chi connectivity index (χ1v) is 6.27. The zero-order chi connectivity index (χ0) is 11.0. The molecule has 0 amide bonds. The number of aliphatic hydroxyl groups is 1. The molecule has 1 aliphatic rings. The quantitative estimate of drug-likeness (QED) is 0.679. The summed E-state index contributed by atoms with van der Waals surface area (Å²) in [6, 6.07) is 0. The number of hydrogen-bond acceptors (Lipinski definition) is 1. The van der Waals surface area contributed by atoms with Crippen LogP contribution >= 0.6 is 0 Å². The molecule has 1 heteroatoms. The molecule has 1 rings (SSSR count). The van der Waals surface area contributed by atoms with Crippen molar-refractivity contribution in [3.63, 3.8) is 0 Å². The van der Waals surface area contributed by atoms with E-state index in [1.54, 1.807) is 0 Å². The predicted octanol–water partition coefficient (Wildman–Crippen LogP) is 4.14. The SMILES string of the molecule is CC1CCCC1(C)O.CCCCCC. The van der Waals surface area contributed by atoms with E-state index < -0.39 is 0 Å². The molecule has 1 fully saturated rings. The summed E-state index contributed by atoms with van der Waals surface area (Å²) in [5, 5.41) is 9.46. The molecule has 0 saturated heterocycles. The first kappa shape index (κ1) is 14.0. The topological polar surface area (TPSA) is 20.2 Å². The lowest BCUT2D eigenvalue weighted by molar-refractivity contribution is 0.0284. The van der Waals surface area contributed by atoms with Crippen LogP contribution in [0.3, 0.4) is 0 Å². The molecule has 14 heavy (non-hydrogen) atoms. The van der Waals surface area contributed by atoms with Gasteiger partial charge in [-0.3, -0.25) is 0 Å². The third kappa shape index (κ3) is 5.64. The van der Waals surface area contributed by atoms with E-state index in [2.05, 4.69) is 20.8 Å². The van der Waals surface area contributed by atoms with E-state index in [-0.39, 0.29) is 5.60 Å². The van der Waals surface area contributed by atoms with Gasteiger partial charge in [-0.05, 0) is 25.7 Å². The molecule has 0 spiro atoms. The minimum atomic E-state index is -0.347. The van der Waals surface area contributed by atoms with Gasteiger partial charge in [0.25, 0.3) is 0 Å². The van der Waals surface area contributed by atoms with Crippen LogP contribution in [0, 0.1) is 5.92 Å². The summed E-state index contributed by atoms with van der Waals surface area (Å²) in [6.45, 7) is 8.52. The van der Waals surface area contributed by atoms with Gasteiger partial charge in [-0.1, -0.05) is 52.9 Å². The molecule has 0 aromatic carbocycles. The van der Waals surface area contributed by atoms with Gasteiger partial charge >= 0.3 is 0 Å². The van der Waals surface area contributed by atoms with Crippen molar-refractivity contribution in [2.45, 2.75) is 78.2 Å². The van der Waals surface area contributed by atoms with Crippen LogP contribution in [0.2, 0.25) is 0 Å². The second-order valence-electron chi connectivity index (χ2n) is 4.86. The van der Waals surface area contributed by atoms with Gasteiger partial charge in [0.2, 0.25) is 0 Å². The van der Waals surface area contributed by atoms with Crippen molar-refractivity contribution in [2.24, 2.45) is 5.92 Å². The van der Waals surface area contributed by atoms with Crippen molar-refractivity contribution in [3.05, 3.63) is 0 Å². The molecule has 2 unspecified atom stereocenters. The molecule has 1 nitrogen and oxygen atoms in total. The van der Waals surface area contributed by atoms with Gasteiger partial charge in [0, 0.05) is 0 Å². The van der Waals surface area contributed by atoms with E-state index in [0.29, 0.717) is 5.92 Å². The molecule has 1 saturated carbocycles. The second-order valence-corrected chi connectivity index (χ2v) is 4.86. The van der Waals surface area contributed by atoms with E-state index in [0.717, 1.165) is 6.42 Å². The van der Waals surface area contributed by atoms with Crippen molar-refractivity contribution in [1.29, 1.82) is 0 Å². The molecule has 0 bridgehead atoms. The standard InChI is InChI=1S/C7H14O.C6H14/c1-6-4-3-5-7(6,2)8;1-3-5-6-4-2/h6,8H,3-5H2,1-2H3;3-6H2,1-2H3. The molecule has 86 valence electrons. The fraction of sp³-hybridized carbons (Fsp3) is 1.00. The summed E-state index contributed by atoms with van der Waals surface area (Å²) in [6.07, 6.45) is 8.93. The number of hydrogen-bond donors (Lipinski definition) is 1. The fourth-order valence-corrected chi connectivity index (χ4v) is 1.82. The molecule has 0 aromatic heterocycles. The third-order valence-electron chi connectivity index (χ3n) is 3.34. The molecule has 2 atom stereocenters. The predicted molar refractivity (Wildman–Crippen MR) is 63.5 cm³/mol. The maximum atomic E-state index is 9.46. The van der Waals surface area contributed by atoms with Crippen molar-refractivity contribution in [3.8, 4) is 0 Å². The van der Waals surface area contributed by atoms with E-state index >= 15 is 0 Å². The molecule has 0 aliphatic heterocycles. The lowest BCUT2D eigenvalue weighted by atomic mass is 9.95. The summed E-state index contributed by atoms with van der Waals surface area (Å²) in [5.74, 6) is 0.516. The summed E-state index contributed by atoms with van der Waals surface area (Å²) in [4.78, 5) is 0. The van der Waals surface area contributed by atoms with Gasteiger partial charge in [-0.15, -0.1) is 0 Å². The molecule has 1 aliphatic carbocycles. The summed E-state index contributed by atoms with van der Waals surface area (Å²) >= 11 is 0. The van der Waals surface area contributed by atoms with Gasteiger partial charge in [-0.2, -0.15) is 0 Å². The van der Waals surface area contributed by atoms with Crippen LogP contribution in [0.5, 0.6) is 0 Å². The summed E-state index contributed by atoms with van der Waals surface area (Å²) in [7, 11) is 0. The Balaban J connectivity index is 0.000000255. The fourth-order valence-electron chi connectivity index (χ4n) is 1.82. The lowest BCUT2D eigenvalue weighted by Crippen LogP contribution is -2.26. The highest BCUT2D eigenvalue weighted by Gasteiger charge is 2.32. The monoisotopic (exact) mass is 200 g/mol. The maximum absolute atomic E-state index is 9.46. The van der Waals surface area contributed by atoms with Crippen molar-refractivity contribution < 1.29 is 5.11 Å². The minimum absolute atomic E-state index is 0.347.